The summed E-state index contributed by atoms with van der Waals surface area (Å²) in [5.41, 5.74) is -0.571. The first-order chi connectivity index (χ1) is 7.72. The largest absolute Gasteiger partial charge is 0.467 e. The molecule has 1 atom stereocenters. The molecule has 1 amide bonds. The summed E-state index contributed by atoms with van der Waals surface area (Å²) in [4.78, 5) is 24.7. The van der Waals surface area contributed by atoms with Gasteiger partial charge in [0.25, 0.3) is 0 Å². The highest BCUT2D eigenvalue weighted by Gasteiger charge is 2.29. The van der Waals surface area contributed by atoms with Gasteiger partial charge < -0.3 is 9.47 Å². The van der Waals surface area contributed by atoms with Crippen molar-refractivity contribution < 1.29 is 19.1 Å². The van der Waals surface area contributed by atoms with Gasteiger partial charge in [0.1, 0.15) is 11.6 Å². The van der Waals surface area contributed by atoms with Crippen molar-refractivity contribution in [2.45, 2.75) is 52.7 Å². The fourth-order valence-electron chi connectivity index (χ4n) is 1.30. The average molecular weight is 245 g/mol. The van der Waals surface area contributed by atoms with E-state index in [0.717, 1.165) is 6.42 Å². The van der Waals surface area contributed by atoms with Crippen molar-refractivity contribution >= 4 is 12.1 Å². The highest BCUT2D eigenvalue weighted by Crippen LogP contribution is 2.13. The minimum absolute atomic E-state index is 0.440. The van der Waals surface area contributed by atoms with Crippen LogP contribution in [0.3, 0.4) is 0 Å². The fraction of sp³-hybridized carbons (Fsp3) is 0.833. The SMILES string of the molecule is CCCN(C(=O)OC(C)(C)C)[C@@H](C)C(=O)OC. The molecule has 0 saturated carbocycles. The van der Waals surface area contributed by atoms with Crippen molar-refractivity contribution in [1.82, 2.24) is 4.90 Å². The summed E-state index contributed by atoms with van der Waals surface area (Å²) in [6.07, 6.45) is 0.262. The smallest absolute Gasteiger partial charge is 0.411 e. The molecule has 0 N–H and O–H groups in total. The molecule has 0 aromatic heterocycles. The summed E-state index contributed by atoms with van der Waals surface area (Å²) in [5, 5.41) is 0. The lowest BCUT2D eigenvalue weighted by molar-refractivity contribution is -0.146. The number of amides is 1. The zero-order valence-electron chi connectivity index (χ0n) is 11.6. The maximum absolute atomic E-state index is 11.9. The van der Waals surface area contributed by atoms with Crippen LogP contribution in [0.25, 0.3) is 0 Å². The topological polar surface area (TPSA) is 55.8 Å². The molecule has 0 unspecified atom stereocenters. The quantitative estimate of drug-likeness (QED) is 0.712. The van der Waals surface area contributed by atoms with E-state index in [1.165, 1.54) is 12.0 Å². The standard InChI is InChI=1S/C12H23NO4/c1-7-8-13(9(2)10(14)16-6)11(15)17-12(3,4)5/h9H,7-8H2,1-6H3/t9-/m0/s1. The van der Waals surface area contributed by atoms with Crippen molar-refractivity contribution in [3.8, 4) is 0 Å². The molecular weight excluding hydrogens is 222 g/mol. The number of methoxy groups -OCH3 is 1. The van der Waals surface area contributed by atoms with Crippen LogP contribution in [0.4, 0.5) is 4.79 Å². The van der Waals surface area contributed by atoms with E-state index >= 15 is 0 Å². The summed E-state index contributed by atoms with van der Waals surface area (Å²) in [6, 6.07) is -0.630. The second-order valence-corrected chi connectivity index (χ2v) is 4.87. The Balaban J connectivity index is 4.72. The zero-order chi connectivity index (χ0) is 13.6. The molecule has 5 heteroatoms. The second-order valence-electron chi connectivity index (χ2n) is 4.87. The van der Waals surface area contributed by atoms with Crippen LogP contribution < -0.4 is 0 Å². The number of hydrogen-bond donors (Lipinski definition) is 0. The van der Waals surface area contributed by atoms with E-state index in [2.05, 4.69) is 4.74 Å². The lowest BCUT2D eigenvalue weighted by Crippen LogP contribution is -2.46. The number of rotatable bonds is 4. The Morgan fingerprint density at radius 1 is 1.29 bits per heavy atom. The lowest BCUT2D eigenvalue weighted by atomic mass is 10.2. The minimum atomic E-state index is -0.630. The molecule has 0 radical (unpaired) electrons. The van der Waals surface area contributed by atoms with Gasteiger partial charge in [-0.1, -0.05) is 6.92 Å². The van der Waals surface area contributed by atoms with E-state index in [9.17, 15) is 9.59 Å². The van der Waals surface area contributed by atoms with Crippen LogP contribution in [0.15, 0.2) is 0 Å². The number of nitrogens with zero attached hydrogens (tertiary/aromatic N) is 1. The first-order valence-electron chi connectivity index (χ1n) is 5.80. The summed E-state index contributed by atoms with van der Waals surface area (Å²) in [7, 11) is 1.30. The Labute approximate surface area is 103 Å². The maximum atomic E-state index is 11.9. The zero-order valence-corrected chi connectivity index (χ0v) is 11.6. The average Bonchev–Trinajstić information content (AvgIpc) is 2.21. The van der Waals surface area contributed by atoms with Gasteiger partial charge in [0.05, 0.1) is 7.11 Å². The molecule has 5 nitrogen and oxygen atoms in total. The van der Waals surface area contributed by atoms with Crippen LogP contribution in [-0.2, 0) is 14.3 Å². The Bertz CT molecular complexity index is 270. The molecule has 0 spiro atoms. The molecule has 0 saturated heterocycles. The number of carbonyl (C=O) groups excluding carboxylic acids is 2. The highest BCUT2D eigenvalue weighted by atomic mass is 16.6. The van der Waals surface area contributed by atoms with E-state index in [1.54, 1.807) is 27.7 Å². The first kappa shape index (κ1) is 15.7. The van der Waals surface area contributed by atoms with Gasteiger partial charge in [-0.15, -0.1) is 0 Å². The monoisotopic (exact) mass is 245 g/mol. The van der Waals surface area contributed by atoms with Gasteiger partial charge in [0.15, 0.2) is 0 Å². The van der Waals surface area contributed by atoms with Gasteiger partial charge in [-0.25, -0.2) is 9.59 Å². The molecule has 0 bridgehead atoms. The molecule has 0 heterocycles. The van der Waals surface area contributed by atoms with Crippen molar-refractivity contribution in [3.63, 3.8) is 0 Å². The van der Waals surface area contributed by atoms with Gasteiger partial charge in [0.2, 0.25) is 0 Å². The van der Waals surface area contributed by atoms with Crippen molar-refractivity contribution in [1.29, 1.82) is 0 Å². The number of esters is 1. The van der Waals surface area contributed by atoms with E-state index in [0.29, 0.717) is 6.54 Å². The van der Waals surface area contributed by atoms with Gasteiger partial charge in [0, 0.05) is 6.54 Å². The molecule has 0 aliphatic heterocycles. The number of ether oxygens (including phenoxy) is 2. The third-order valence-corrected chi connectivity index (χ3v) is 2.10. The van der Waals surface area contributed by atoms with E-state index in [1.807, 2.05) is 6.92 Å². The van der Waals surface area contributed by atoms with E-state index in [-0.39, 0.29) is 0 Å². The van der Waals surface area contributed by atoms with Gasteiger partial charge >= 0.3 is 12.1 Å². The third kappa shape index (κ3) is 5.56. The number of hydrogen-bond acceptors (Lipinski definition) is 4. The van der Waals surface area contributed by atoms with Crippen molar-refractivity contribution in [3.05, 3.63) is 0 Å². The molecule has 0 rings (SSSR count). The van der Waals surface area contributed by atoms with Crippen LogP contribution in [-0.4, -0.2) is 42.3 Å². The second kappa shape index (κ2) is 6.47. The Kier molecular flexibility index (Phi) is 5.99. The molecule has 0 aromatic carbocycles. The summed E-state index contributed by atoms with van der Waals surface area (Å²) < 4.78 is 9.88. The molecule has 0 fully saturated rings. The molecule has 17 heavy (non-hydrogen) atoms. The molecular formula is C12H23NO4. The summed E-state index contributed by atoms with van der Waals surface area (Å²) >= 11 is 0. The maximum Gasteiger partial charge on any atom is 0.411 e. The normalized spacial score (nSPS) is 12.8. The van der Waals surface area contributed by atoms with Crippen LogP contribution in [0.5, 0.6) is 0 Å². The Hall–Kier alpha value is -1.26. The molecule has 0 aromatic rings. The van der Waals surface area contributed by atoms with Crippen molar-refractivity contribution in [2.24, 2.45) is 0 Å². The van der Waals surface area contributed by atoms with Gasteiger partial charge in [-0.05, 0) is 34.1 Å². The van der Waals surface area contributed by atoms with E-state index in [4.69, 9.17) is 4.74 Å². The van der Waals surface area contributed by atoms with Crippen LogP contribution in [0, 0.1) is 0 Å². The third-order valence-electron chi connectivity index (χ3n) is 2.10. The van der Waals surface area contributed by atoms with E-state index < -0.39 is 23.7 Å². The summed E-state index contributed by atoms with van der Waals surface area (Å²) in [5.74, 6) is -0.440. The molecule has 0 aliphatic rings. The van der Waals surface area contributed by atoms with Gasteiger partial charge in [-0.3, -0.25) is 4.90 Å². The van der Waals surface area contributed by atoms with Gasteiger partial charge in [-0.2, -0.15) is 0 Å². The van der Waals surface area contributed by atoms with Crippen LogP contribution in [0.2, 0.25) is 0 Å². The first-order valence-corrected chi connectivity index (χ1v) is 5.80. The predicted octanol–water partition coefficient (Wildman–Crippen LogP) is 2.20. The number of carbonyl (C=O) groups is 2. The molecule has 100 valence electrons. The summed E-state index contributed by atoms with van der Waals surface area (Å²) in [6.45, 7) is 9.39. The lowest BCUT2D eigenvalue weighted by Gasteiger charge is -2.30. The van der Waals surface area contributed by atoms with Crippen LogP contribution in [0.1, 0.15) is 41.0 Å². The Morgan fingerprint density at radius 2 is 1.82 bits per heavy atom. The minimum Gasteiger partial charge on any atom is -0.467 e. The fourth-order valence-corrected chi connectivity index (χ4v) is 1.30. The Morgan fingerprint density at radius 3 is 2.18 bits per heavy atom. The van der Waals surface area contributed by atoms with Crippen LogP contribution >= 0.6 is 0 Å². The molecule has 0 aliphatic carbocycles. The van der Waals surface area contributed by atoms with Crippen molar-refractivity contribution in [2.75, 3.05) is 13.7 Å². The predicted molar refractivity (Wildman–Crippen MR) is 64.7 cm³/mol. The highest BCUT2D eigenvalue weighted by molar-refractivity contribution is 5.81.